The number of rotatable bonds is 7. The molecule has 2 aromatic rings. The number of ether oxygens (including phenoxy) is 2. The lowest BCUT2D eigenvalue weighted by molar-refractivity contribution is -0.123. The Morgan fingerprint density at radius 1 is 1.23 bits per heavy atom. The van der Waals surface area contributed by atoms with Crippen LogP contribution in [-0.2, 0) is 14.8 Å². The Morgan fingerprint density at radius 3 is 2.68 bits per heavy atom. The van der Waals surface area contributed by atoms with Gasteiger partial charge in [0.25, 0.3) is 0 Å². The zero-order valence-corrected chi connectivity index (χ0v) is 19.3. The number of hydrogen-bond acceptors (Lipinski definition) is 5. The average Bonchev–Trinajstić information content (AvgIpc) is 2.79. The summed E-state index contributed by atoms with van der Waals surface area (Å²) in [4.78, 5) is 14.9. The van der Waals surface area contributed by atoms with Gasteiger partial charge in [0.05, 0.1) is 24.5 Å². The zero-order chi connectivity index (χ0) is 22.6. The molecule has 7 nitrogen and oxygen atoms in total. The molecule has 8 heteroatoms. The predicted octanol–water partition coefficient (Wildman–Crippen LogP) is 3.47. The van der Waals surface area contributed by atoms with Crippen molar-refractivity contribution in [2.75, 3.05) is 38.8 Å². The lowest BCUT2D eigenvalue weighted by Gasteiger charge is -2.33. The first-order chi connectivity index (χ1) is 14.8. The second kappa shape index (κ2) is 9.70. The van der Waals surface area contributed by atoms with Crippen LogP contribution in [0.15, 0.2) is 47.4 Å². The van der Waals surface area contributed by atoms with Crippen molar-refractivity contribution in [3.8, 4) is 11.5 Å². The van der Waals surface area contributed by atoms with Crippen molar-refractivity contribution in [3.05, 3.63) is 48.0 Å². The van der Waals surface area contributed by atoms with E-state index in [4.69, 9.17) is 9.47 Å². The van der Waals surface area contributed by atoms with E-state index in [-0.39, 0.29) is 17.3 Å². The third-order valence-corrected chi connectivity index (χ3v) is 7.45. The Bertz CT molecular complexity index is 1040. The van der Waals surface area contributed by atoms with Gasteiger partial charge in [-0.3, -0.25) is 4.79 Å². The van der Waals surface area contributed by atoms with Gasteiger partial charge in [-0.05, 0) is 62.6 Å². The number of hydrogen-bond donors (Lipinski definition) is 0. The van der Waals surface area contributed by atoms with Crippen LogP contribution in [0.25, 0.3) is 0 Å². The number of nitrogens with zero attached hydrogens (tertiary/aromatic N) is 2. The van der Waals surface area contributed by atoms with E-state index < -0.39 is 15.9 Å². The van der Waals surface area contributed by atoms with E-state index in [9.17, 15) is 13.2 Å². The van der Waals surface area contributed by atoms with Gasteiger partial charge in [-0.1, -0.05) is 6.07 Å². The number of anilines is 1. The average molecular weight is 447 g/mol. The van der Waals surface area contributed by atoms with Crippen molar-refractivity contribution in [2.45, 2.75) is 31.6 Å². The number of benzene rings is 2. The van der Waals surface area contributed by atoms with E-state index in [1.165, 1.54) is 4.31 Å². The van der Waals surface area contributed by atoms with Crippen molar-refractivity contribution >= 4 is 21.6 Å². The molecule has 2 aromatic carbocycles. The molecule has 0 aromatic heterocycles. The molecule has 0 radical (unpaired) electrons. The maximum Gasteiger partial charge on any atom is 0.243 e. The van der Waals surface area contributed by atoms with Crippen LogP contribution in [0.3, 0.4) is 0 Å². The monoisotopic (exact) mass is 446 g/mol. The molecule has 168 valence electrons. The summed E-state index contributed by atoms with van der Waals surface area (Å²) in [5.74, 6) is 0.837. The van der Waals surface area contributed by atoms with E-state index in [2.05, 4.69) is 0 Å². The molecule has 1 heterocycles. The summed E-state index contributed by atoms with van der Waals surface area (Å²) in [5.41, 5.74) is 1.48. The first-order valence-electron chi connectivity index (χ1n) is 10.4. The van der Waals surface area contributed by atoms with Crippen LogP contribution >= 0.6 is 0 Å². The van der Waals surface area contributed by atoms with Crippen molar-refractivity contribution < 1.29 is 22.7 Å². The lowest BCUT2D eigenvalue weighted by atomic mass is 9.98. The predicted molar refractivity (Wildman–Crippen MR) is 120 cm³/mol. The fourth-order valence-electron chi connectivity index (χ4n) is 3.83. The Hall–Kier alpha value is -2.58. The SMILES string of the molecule is CCOc1ccc(S(=O)(=O)N2CCC[C@H](C(=O)N(C)c3cccc(OC)c3)C2)cc1C. The Kier molecular flexibility index (Phi) is 7.23. The van der Waals surface area contributed by atoms with Crippen LogP contribution in [0.5, 0.6) is 11.5 Å². The van der Waals surface area contributed by atoms with E-state index >= 15 is 0 Å². The Balaban J connectivity index is 1.77. The molecule has 1 aliphatic rings. The van der Waals surface area contributed by atoms with Gasteiger partial charge in [-0.15, -0.1) is 0 Å². The smallest absolute Gasteiger partial charge is 0.243 e. The number of methoxy groups -OCH3 is 1. The Labute approximate surface area is 184 Å². The quantitative estimate of drug-likeness (QED) is 0.651. The molecule has 3 rings (SSSR count). The maximum absolute atomic E-state index is 13.2. The minimum Gasteiger partial charge on any atom is -0.497 e. The molecule has 1 fully saturated rings. The van der Waals surface area contributed by atoms with Crippen LogP contribution in [0, 0.1) is 12.8 Å². The van der Waals surface area contributed by atoms with Gasteiger partial charge in [0.15, 0.2) is 0 Å². The standard InChI is InChI=1S/C23H30N2O5S/c1-5-30-22-12-11-21(14-17(22)2)31(27,28)25-13-7-8-18(16-25)23(26)24(3)19-9-6-10-20(15-19)29-4/h6,9-12,14-15,18H,5,7-8,13,16H2,1-4H3/t18-/m0/s1. The van der Waals surface area contributed by atoms with Gasteiger partial charge >= 0.3 is 0 Å². The van der Waals surface area contributed by atoms with Gasteiger partial charge in [0.1, 0.15) is 11.5 Å². The van der Waals surface area contributed by atoms with Crippen molar-refractivity contribution in [3.63, 3.8) is 0 Å². The van der Waals surface area contributed by atoms with Crippen LogP contribution in [-0.4, -0.2) is 52.5 Å². The van der Waals surface area contributed by atoms with Crippen LogP contribution in [0.4, 0.5) is 5.69 Å². The van der Waals surface area contributed by atoms with Gasteiger partial charge in [0, 0.05) is 31.9 Å². The Morgan fingerprint density at radius 2 is 2.00 bits per heavy atom. The van der Waals surface area contributed by atoms with Gasteiger partial charge in [-0.25, -0.2) is 8.42 Å². The summed E-state index contributed by atoms with van der Waals surface area (Å²) in [6, 6.07) is 12.2. The van der Waals surface area contributed by atoms with Crippen molar-refractivity contribution in [1.82, 2.24) is 4.31 Å². The second-order valence-corrected chi connectivity index (χ2v) is 9.60. The summed E-state index contributed by atoms with van der Waals surface area (Å²) >= 11 is 0. The van der Waals surface area contributed by atoms with Crippen LogP contribution in [0.1, 0.15) is 25.3 Å². The summed E-state index contributed by atoms with van der Waals surface area (Å²) in [7, 11) is -0.411. The molecule has 1 saturated heterocycles. The number of carbonyl (C=O) groups is 1. The van der Waals surface area contributed by atoms with Crippen molar-refractivity contribution in [2.24, 2.45) is 5.92 Å². The highest BCUT2D eigenvalue weighted by Crippen LogP contribution is 2.29. The van der Waals surface area contributed by atoms with E-state index in [0.29, 0.717) is 43.2 Å². The number of amides is 1. The summed E-state index contributed by atoms with van der Waals surface area (Å²) < 4.78 is 38.7. The molecule has 0 bridgehead atoms. The second-order valence-electron chi connectivity index (χ2n) is 7.66. The molecule has 1 atom stereocenters. The number of carbonyl (C=O) groups excluding carboxylic acids is 1. The minimum atomic E-state index is -3.70. The molecular formula is C23H30N2O5S. The summed E-state index contributed by atoms with van der Waals surface area (Å²) in [5, 5.41) is 0. The molecule has 1 aliphatic heterocycles. The highest BCUT2D eigenvalue weighted by atomic mass is 32.2. The third kappa shape index (κ3) is 5.02. The van der Waals surface area contributed by atoms with Gasteiger partial charge in [-0.2, -0.15) is 4.31 Å². The summed E-state index contributed by atoms with van der Waals surface area (Å²) in [6.07, 6.45) is 1.29. The molecule has 0 aliphatic carbocycles. The first-order valence-corrected chi connectivity index (χ1v) is 11.9. The highest BCUT2D eigenvalue weighted by Gasteiger charge is 2.35. The van der Waals surface area contributed by atoms with Crippen molar-refractivity contribution in [1.29, 1.82) is 0 Å². The van der Waals surface area contributed by atoms with Gasteiger partial charge < -0.3 is 14.4 Å². The van der Waals surface area contributed by atoms with E-state index in [1.807, 2.05) is 32.0 Å². The zero-order valence-electron chi connectivity index (χ0n) is 18.5. The minimum absolute atomic E-state index is 0.101. The molecule has 0 unspecified atom stereocenters. The molecule has 31 heavy (non-hydrogen) atoms. The van der Waals surface area contributed by atoms with E-state index in [1.54, 1.807) is 43.3 Å². The fraction of sp³-hybridized carbons (Fsp3) is 0.435. The van der Waals surface area contributed by atoms with E-state index in [0.717, 1.165) is 5.56 Å². The van der Waals surface area contributed by atoms with Crippen LogP contribution < -0.4 is 14.4 Å². The fourth-order valence-corrected chi connectivity index (χ4v) is 5.44. The molecule has 0 N–H and O–H groups in total. The molecule has 1 amide bonds. The molecular weight excluding hydrogens is 416 g/mol. The first kappa shape index (κ1) is 23.1. The third-order valence-electron chi connectivity index (χ3n) is 5.59. The number of aryl methyl sites for hydroxylation is 1. The normalized spacial score (nSPS) is 17.2. The number of sulfonamides is 1. The lowest BCUT2D eigenvalue weighted by Crippen LogP contribution is -2.46. The molecule has 0 spiro atoms. The summed E-state index contributed by atoms with van der Waals surface area (Å²) in [6.45, 7) is 4.81. The van der Waals surface area contributed by atoms with Gasteiger partial charge in [0.2, 0.25) is 15.9 Å². The number of piperidine rings is 1. The highest BCUT2D eigenvalue weighted by molar-refractivity contribution is 7.89. The molecule has 0 saturated carbocycles. The largest absolute Gasteiger partial charge is 0.497 e. The topological polar surface area (TPSA) is 76.2 Å². The van der Waals surface area contributed by atoms with Crippen LogP contribution in [0.2, 0.25) is 0 Å². The maximum atomic E-state index is 13.2.